The molecular weight excluding hydrogens is 226 g/mol. The second-order valence-corrected chi connectivity index (χ2v) is 5.45. The third-order valence-electron chi connectivity index (χ3n) is 4.53. The van der Waals surface area contributed by atoms with E-state index in [4.69, 9.17) is 4.74 Å². The summed E-state index contributed by atoms with van der Waals surface area (Å²) in [4.78, 5) is 14.1. The predicted octanol–water partition coefficient (Wildman–Crippen LogP) is 2.21. The van der Waals surface area contributed by atoms with Gasteiger partial charge in [-0.05, 0) is 31.2 Å². The number of carbonyl (C=O) groups excluding carboxylic acids is 1. The van der Waals surface area contributed by atoms with Gasteiger partial charge in [0, 0.05) is 30.8 Å². The lowest BCUT2D eigenvalue weighted by Crippen LogP contribution is -2.41. The summed E-state index contributed by atoms with van der Waals surface area (Å²) >= 11 is 0. The number of likely N-dealkylation sites (N-methyl/N-ethyl adjacent to an activating group) is 1. The normalized spacial score (nSPS) is 31.7. The van der Waals surface area contributed by atoms with Crippen molar-refractivity contribution in [3.8, 4) is 5.75 Å². The van der Waals surface area contributed by atoms with Crippen LogP contribution in [0.3, 0.4) is 0 Å². The molecule has 3 rings (SSSR count). The highest BCUT2D eigenvalue weighted by molar-refractivity contribution is 5.81. The zero-order valence-corrected chi connectivity index (χ0v) is 10.9. The van der Waals surface area contributed by atoms with Crippen molar-refractivity contribution < 1.29 is 9.53 Å². The molecular formula is C15H19NO2. The van der Waals surface area contributed by atoms with E-state index in [2.05, 4.69) is 24.1 Å². The number of ether oxygens (including phenoxy) is 1. The fourth-order valence-corrected chi connectivity index (χ4v) is 3.47. The number of rotatable bonds is 2. The molecule has 0 amide bonds. The summed E-state index contributed by atoms with van der Waals surface area (Å²) in [5, 5.41) is 0. The fraction of sp³-hybridized carbons (Fsp3) is 0.533. The van der Waals surface area contributed by atoms with E-state index in [-0.39, 0.29) is 0 Å². The second kappa shape index (κ2) is 4.39. The lowest BCUT2D eigenvalue weighted by Gasteiger charge is -2.31. The molecule has 3 atom stereocenters. The van der Waals surface area contributed by atoms with Crippen LogP contribution in [0.1, 0.15) is 30.7 Å². The van der Waals surface area contributed by atoms with Gasteiger partial charge in [0.05, 0.1) is 7.11 Å². The van der Waals surface area contributed by atoms with E-state index in [1.165, 1.54) is 5.56 Å². The molecule has 2 heterocycles. The monoisotopic (exact) mass is 245 g/mol. The summed E-state index contributed by atoms with van der Waals surface area (Å²) < 4.78 is 5.19. The molecule has 2 bridgehead atoms. The lowest BCUT2D eigenvalue weighted by atomic mass is 9.90. The molecule has 2 aliphatic heterocycles. The number of nitrogens with zero attached hydrogens (tertiary/aromatic N) is 1. The Morgan fingerprint density at radius 3 is 2.61 bits per heavy atom. The van der Waals surface area contributed by atoms with Gasteiger partial charge in [-0.25, -0.2) is 0 Å². The molecule has 0 spiro atoms. The van der Waals surface area contributed by atoms with E-state index in [0.717, 1.165) is 18.6 Å². The van der Waals surface area contributed by atoms with Gasteiger partial charge >= 0.3 is 0 Å². The minimum atomic E-state index is 0.393. The summed E-state index contributed by atoms with van der Waals surface area (Å²) in [6.45, 7) is 0. The van der Waals surface area contributed by atoms with Crippen LogP contribution in [0.15, 0.2) is 24.3 Å². The molecule has 0 radical (unpaired) electrons. The number of hydrogen-bond acceptors (Lipinski definition) is 3. The summed E-state index contributed by atoms with van der Waals surface area (Å²) in [6.07, 6.45) is 2.56. The number of methoxy groups -OCH3 is 1. The van der Waals surface area contributed by atoms with E-state index in [0.29, 0.717) is 30.2 Å². The molecule has 2 saturated heterocycles. The summed E-state index contributed by atoms with van der Waals surface area (Å²) in [6, 6.07) is 9.15. The van der Waals surface area contributed by atoms with Crippen LogP contribution in [0.2, 0.25) is 0 Å². The molecule has 96 valence electrons. The first-order valence-corrected chi connectivity index (χ1v) is 6.56. The van der Waals surface area contributed by atoms with Crippen molar-refractivity contribution in [3.05, 3.63) is 29.8 Å². The van der Waals surface area contributed by atoms with Crippen LogP contribution in [0.4, 0.5) is 0 Å². The molecule has 3 heteroatoms. The minimum absolute atomic E-state index is 0.393. The molecule has 0 aromatic heterocycles. The maximum atomic E-state index is 11.7. The second-order valence-electron chi connectivity index (χ2n) is 5.45. The highest BCUT2D eigenvalue weighted by Gasteiger charge is 2.44. The van der Waals surface area contributed by atoms with Crippen molar-refractivity contribution in [2.45, 2.75) is 37.3 Å². The minimum Gasteiger partial charge on any atom is -0.497 e. The highest BCUT2D eigenvalue weighted by atomic mass is 16.5. The number of benzene rings is 1. The fourth-order valence-electron chi connectivity index (χ4n) is 3.47. The smallest absolute Gasteiger partial charge is 0.136 e. The molecule has 0 N–H and O–H groups in total. The highest BCUT2D eigenvalue weighted by Crippen LogP contribution is 2.43. The Kier molecular flexibility index (Phi) is 2.86. The first-order chi connectivity index (χ1) is 8.69. The predicted molar refractivity (Wildman–Crippen MR) is 69.9 cm³/mol. The largest absolute Gasteiger partial charge is 0.497 e. The van der Waals surface area contributed by atoms with Gasteiger partial charge in [0.15, 0.2) is 0 Å². The van der Waals surface area contributed by atoms with E-state index < -0.39 is 0 Å². The average molecular weight is 245 g/mol. The molecule has 2 aliphatic rings. The Morgan fingerprint density at radius 1 is 1.22 bits per heavy atom. The van der Waals surface area contributed by atoms with E-state index >= 15 is 0 Å². The lowest BCUT2D eigenvalue weighted by molar-refractivity contribution is -0.123. The van der Waals surface area contributed by atoms with Gasteiger partial charge in [-0.15, -0.1) is 0 Å². The summed E-state index contributed by atoms with van der Waals surface area (Å²) in [7, 11) is 3.84. The van der Waals surface area contributed by atoms with Crippen LogP contribution >= 0.6 is 0 Å². The molecule has 3 nitrogen and oxygen atoms in total. The van der Waals surface area contributed by atoms with Crippen molar-refractivity contribution in [2.24, 2.45) is 0 Å². The summed E-state index contributed by atoms with van der Waals surface area (Å²) in [5.41, 5.74) is 1.34. The Balaban J connectivity index is 1.86. The maximum absolute atomic E-state index is 11.7. The third-order valence-corrected chi connectivity index (χ3v) is 4.53. The molecule has 0 saturated carbocycles. The van der Waals surface area contributed by atoms with Gasteiger partial charge < -0.3 is 4.74 Å². The van der Waals surface area contributed by atoms with Crippen molar-refractivity contribution in [2.75, 3.05) is 14.2 Å². The number of carbonyl (C=O) groups is 1. The van der Waals surface area contributed by atoms with Gasteiger partial charge in [-0.1, -0.05) is 12.1 Å². The first kappa shape index (κ1) is 11.7. The molecule has 1 aromatic carbocycles. The van der Waals surface area contributed by atoms with Crippen LogP contribution in [-0.2, 0) is 4.79 Å². The van der Waals surface area contributed by atoms with Crippen LogP contribution in [0, 0.1) is 0 Å². The van der Waals surface area contributed by atoms with Crippen LogP contribution in [-0.4, -0.2) is 36.9 Å². The van der Waals surface area contributed by atoms with Crippen molar-refractivity contribution >= 4 is 5.78 Å². The number of fused-ring (bicyclic) bond motifs is 2. The third kappa shape index (κ3) is 1.83. The van der Waals surface area contributed by atoms with Crippen LogP contribution in [0.25, 0.3) is 0 Å². The van der Waals surface area contributed by atoms with Gasteiger partial charge in [0.2, 0.25) is 0 Å². The van der Waals surface area contributed by atoms with Crippen molar-refractivity contribution in [1.82, 2.24) is 4.90 Å². The molecule has 2 fully saturated rings. The van der Waals surface area contributed by atoms with E-state index in [1.54, 1.807) is 7.11 Å². The van der Waals surface area contributed by atoms with Gasteiger partial charge in [-0.3, -0.25) is 9.69 Å². The first-order valence-electron chi connectivity index (χ1n) is 6.56. The standard InChI is InChI=1S/C15H19NO2/c1-16-11-7-12(17)9-15(16)14(8-11)10-3-5-13(18-2)6-4-10/h3-6,11,14-15H,7-9H2,1-2H3/t11-,14+,15-/m1/s1. The SMILES string of the molecule is COc1ccc([C@@H]2C[C@H]3CC(=O)C[C@H]2N3C)cc1. The topological polar surface area (TPSA) is 29.5 Å². The van der Waals surface area contributed by atoms with E-state index in [1.807, 2.05) is 12.1 Å². The number of hydrogen-bond donors (Lipinski definition) is 0. The van der Waals surface area contributed by atoms with Crippen molar-refractivity contribution in [3.63, 3.8) is 0 Å². The molecule has 1 aromatic rings. The average Bonchev–Trinajstić information content (AvgIpc) is 2.59. The van der Waals surface area contributed by atoms with Gasteiger partial charge in [0.1, 0.15) is 11.5 Å². The maximum Gasteiger partial charge on any atom is 0.136 e. The zero-order valence-electron chi connectivity index (χ0n) is 10.9. The molecule has 0 unspecified atom stereocenters. The number of Topliss-reactive ketones (excluding diaryl/α,β-unsaturated/α-hetero) is 1. The Hall–Kier alpha value is -1.35. The van der Waals surface area contributed by atoms with E-state index in [9.17, 15) is 4.79 Å². The summed E-state index contributed by atoms with van der Waals surface area (Å²) in [5.74, 6) is 1.82. The quantitative estimate of drug-likeness (QED) is 0.800. The van der Waals surface area contributed by atoms with Gasteiger partial charge in [0.25, 0.3) is 0 Å². The zero-order chi connectivity index (χ0) is 12.7. The molecule has 0 aliphatic carbocycles. The molecule has 18 heavy (non-hydrogen) atoms. The number of ketones is 1. The van der Waals surface area contributed by atoms with Gasteiger partial charge in [-0.2, -0.15) is 0 Å². The Morgan fingerprint density at radius 2 is 1.94 bits per heavy atom. The van der Waals surface area contributed by atoms with Crippen LogP contribution < -0.4 is 4.74 Å². The van der Waals surface area contributed by atoms with Crippen molar-refractivity contribution in [1.29, 1.82) is 0 Å². The Bertz CT molecular complexity index is 454. The van der Waals surface area contributed by atoms with Crippen LogP contribution in [0.5, 0.6) is 5.75 Å². The number of piperidine rings is 1. The Labute approximate surface area is 108 Å².